The van der Waals surface area contributed by atoms with Crippen molar-refractivity contribution in [2.24, 2.45) is 0 Å². The lowest BCUT2D eigenvalue weighted by molar-refractivity contribution is -0.106. The second-order valence-corrected chi connectivity index (χ2v) is 2.71. The molecule has 0 radical (unpaired) electrons. The highest BCUT2D eigenvalue weighted by Gasteiger charge is 1.99. The summed E-state index contributed by atoms with van der Waals surface area (Å²) in [4.78, 5) is 10.4. The van der Waals surface area contributed by atoms with Crippen molar-refractivity contribution in [2.45, 2.75) is 0 Å². The Hall–Kier alpha value is -0.960. The summed E-state index contributed by atoms with van der Waals surface area (Å²) in [6.45, 7) is 0. The molecule has 11 heavy (non-hydrogen) atoms. The van der Waals surface area contributed by atoms with Gasteiger partial charge in [0.2, 0.25) is 6.41 Å². The largest absolute Gasteiger partial charge is 0.277 e. The first-order valence-electron chi connectivity index (χ1n) is 3.22. The molecule has 1 aromatic carbocycles. The molecule has 1 rings (SSSR count). The molecule has 1 aromatic rings. The number of hydrogen-bond donors (Lipinski definition) is 0. The van der Waals surface area contributed by atoms with Gasteiger partial charge >= 0.3 is 0 Å². The topological polar surface area (TPSA) is 20.3 Å². The fourth-order valence-corrected chi connectivity index (χ4v) is 1.20. The molecule has 0 spiro atoms. The fraction of sp³-hybridized carbons (Fsp3) is 0.125. The van der Waals surface area contributed by atoms with E-state index < -0.39 is 0 Å². The number of para-hydroxylation sites is 1. The highest BCUT2D eigenvalue weighted by molar-refractivity contribution is 8.00. The molecular weight excluding hydrogens is 158 g/mol. The molecular formula is C8H9NOS. The van der Waals surface area contributed by atoms with E-state index >= 15 is 0 Å². The summed E-state index contributed by atoms with van der Waals surface area (Å²) < 4.78 is 1.57. The van der Waals surface area contributed by atoms with Crippen LogP contribution < -0.4 is 4.31 Å². The molecule has 0 atom stereocenters. The SMILES string of the molecule is CSN(C=O)c1ccccc1. The first kappa shape index (κ1) is 8.14. The van der Waals surface area contributed by atoms with Crippen molar-refractivity contribution < 1.29 is 4.79 Å². The number of nitrogens with zero attached hydrogens (tertiary/aromatic N) is 1. The van der Waals surface area contributed by atoms with Crippen molar-refractivity contribution in [1.29, 1.82) is 0 Å². The molecule has 0 saturated heterocycles. The van der Waals surface area contributed by atoms with Crippen molar-refractivity contribution in [3.05, 3.63) is 30.3 Å². The van der Waals surface area contributed by atoms with Crippen LogP contribution in [0.5, 0.6) is 0 Å². The van der Waals surface area contributed by atoms with Crippen LogP contribution in [0.2, 0.25) is 0 Å². The van der Waals surface area contributed by atoms with Crippen LogP contribution in [0.25, 0.3) is 0 Å². The van der Waals surface area contributed by atoms with Crippen molar-refractivity contribution in [2.75, 3.05) is 10.6 Å². The van der Waals surface area contributed by atoms with Gasteiger partial charge in [-0.1, -0.05) is 18.2 Å². The van der Waals surface area contributed by atoms with Crippen molar-refractivity contribution in [3.8, 4) is 0 Å². The van der Waals surface area contributed by atoms with Crippen LogP contribution in [0.3, 0.4) is 0 Å². The summed E-state index contributed by atoms with van der Waals surface area (Å²) in [6, 6.07) is 9.52. The lowest BCUT2D eigenvalue weighted by Gasteiger charge is -2.11. The summed E-state index contributed by atoms with van der Waals surface area (Å²) in [5.74, 6) is 0. The van der Waals surface area contributed by atoms with Gasteiger partial charge in [-0.3, -0.25) is 9.10 Å². The number of hydrogen-bond acceptors (Lipinski definition) is 2. The van der Waals surface area contributed by atoms with E-state index in [9.17, 15) is 4.79 Å². The molecule has 0 fully saturated rings. The van der Waals surface area contributed by atoms with E-state index in [0.29, 0.717) is 0 Å². The molecule has 0 N–H and O–H groups in total. The lowest BCUT2D eigenvalue weighted by Crippen LogP contribution is -2.09. The summed E-state index contributed by atoms with van der Waals surface area (Å²) >= 11 is 1.39. The molecule has 3 heteroatoms. The summed E-state index contributed by atoms with van der Waals surface area (Å²) in [5, 5.41) is 0. The van der Waals surface area contributed by atoms with Gasteiger partial charge in [0.15, 0.2) is 0 Å². The van der Waals surface area contributed by atoms with Gasteiger partial charge in [-0.25, -0.2) is 0 Å². The minimum atomic E-state index is 0.806. The summed E-state index contributed by atoms with van der Waals surface area (Å²) in [6.07, 6.45) is 2.67. The third kappa shape index (κ3) is 1.98. The minimum absolute atomic E-state index is 0.806. The van der Waals surface area contributed by atoms with Gasteiger partial charge in [0.05, 0.1) is 5.69 Å². The Labute approximate surface area is 70.3 Å². The second kappa shape index (κ2) is 4.03. The van der Waals surface area contributed by atoms with Gasteiger partial charge in [-0.15, -0.1) is 0 Å². The van der Waals surface area contributed by atoms with Gasteiger partial charge < -0.3 is 0 Å². The molecule has 1 amide bonds. The molecule has 0 aliphatic rings. The molecule has 0 saturated carbocycles. The van der Waals surface area contributed by atoms with E-state index in [4.69, 9.17) is 0 Å². The monoisotopic (exact) mass is 167 g/mol. The van der Waals surface area contributed by atoms with Crippen LogP contribution in [0, 0.1) is 0 Å². The third-order valence-corrected chi connectivity index (χ3v) is 1.99. The highest BCUT2D eigenvalue weighted by Crippen LogP contribution is 2.16. The Balaban J connectivity index is 2.82. The molecule has 0 aliphatic carbocycles. The fourth-order valence-electron chi connectivity index (χ4n) is 0.784. The first-order chi connectivity index (χ1) is 5.38. The number of carbonyl (C=O) groups excluding carboxylic acids is 1. The average Bonchev–Trinajstić information content (AvgIpc) is 2.09. The molecule has 0 aliphatic heterocycles. The number of rotatable bonds is 3. The highest BCUT2D eigenvalue weighted by atomic mass is 32.2. The zero-order chi connectivity index (χ0) is 8.10. The number of amides is 1. The standard InChI is InChI=1S/C8H9NOS/c1-11-9(7-10)8-5-3-2-4-6-8/h2-7H,1H3. The number of benzene rings is 1. The van der Waals surface area contributed by atoms with Crippen LogP contribution in [0.1, 0.15) is 0 Å². The van der Waals surface area contributed by atoms with Gasteiger partial charge in [0.25, 0.3) is 0 Å². The van der Waals surface area contributed by atoms with E-state index in [-0.39, 0.29) is 0 Å². The molecule has 0 unspecified atom stereocenters. The number of anilines is 1. The molecule has 0 bridgehead atoms. The third-order valence-electron chi connectivity index (χ3n) is 1.30. The Bertz CT molecular complexity index is 225. The Morgan fingerprint density at radius 2 is 2.00 bits per heavy atom. The van der Waals surface area contributed by atoms with E-state index in [1.54, 1.807) is 4.31 Å². The molecule has 58 valence electrons. The predicted octanol–water partition coefficient (Wildman–Crippen LogP) is 1.93. The Morgan fingerprint density at radius 3 is 2.45 bits per heavy atom. The van der Waals surface area contributed by atoms with E-state index in [2.05, 4.69) is 0 Å². The summed E-state index contributed by atoms with van der Waals surface area (Å²) in [7, 11) is 0. The van der Waals surface area contributed by atoms with Gasteiger partial charge in [0.1, 0.15) is 0 Å². The van der Waals surface area contributed by atoms with Gasteiger partial charge in [-0.05, 0) is 24.1 Å². The zero-order valence-corrected chi connectivity index (χ0v) is 7.04. The normalized spacial score (nSPS) is 9.18. The van der Waals surface area contributed by atoms with Crippen LogP contribution >= 0.6 is 11.9 Å². The van der Waals surface area contributed by atoms with Gasteiger partial charge in [0, 0.05) is 6.26 Å². The molecule has 0 heterocycles. The van der Waals surface area contributed by atoms with Crippen LogP contribution in [0.4, 0.5) is 5.69 Å². The average molecular weight is 167 g/mol. The predicted molar refractivity (Wildman–Crippen MR) is 48.5 cm³/mol. The maximum Gasteiger partial charge on any atom is 0.224 e. The minimum Gasteiger partial charge on any atom is -0.277 e. The second-order valence-electron chi connectivity index (χ2n) is 1.95. The van der Waals surface area contributed by atoms with E-state index in [0.717, 1.165) is 12.1 Å². The lowest BCUT2D eigenvalue weighted by atomic mass is 10.3. The van der Waals surface area contributed by atoms with E-state index in [1.807, 2.05) is 36.6 Å². The Morgan fingerprint density at radius 1 is 1.36 bits per heavy atom. The van der Waals surface area contributed by atoms with Crippen molar-refractivity contribution >= 4 is 24.0 Å². The smallest absolute Gasteiger partial charge is 0.224 e. The maximum atomic E-state index is 10.4. The van der Waals surface area contributed by atoms with Crippen LogP contribution in [0.15, 0.2) is 30.3 Å². The Kier molecular flexibility index (Phi) is 2.98. The van der Waals surface area contributed by atoms with Crippen molar-refractivity contribution in [3.63, 3.8) is 0 Å². The number of carbonyl (C=O) groups is 1. The van der Waals surface area contributed by atoms with E-state index in [1.165, 1.54) is 11.9 Å². The zero-order valence-electron chi connectivity index (χ0n) is 6.23. The molecule has 0 aromatic heterocycles. The van der Waals surface area contributed by atoms with Gasteiger partial charge in [-0.2, -0.15) is 0 Å². The van der Waals surface area contributed by atoms with Crippen LogP contribution in [-0.2, 0) is 4.79 Å². The quantitative estimate of drug-likeness (QED) is 0.506. The van der Waals surface area contributed by atoms with Crippen molar-refractivity contribution in [1.82, 2.24) is 0 Å². The maximum absolute atomic E-state index is 10.4. The van der Waals surface area contributed by atoms with Crippen LogP contribution in [-0.4, -0.2) is 12.7 Å². The molecule has 2 nitrogen and oxygen atoms in total. The summed E-state index contributed by atoms with van der Waals surface area (Å²) in [5.41, 5.74) is 0.912. The first-order valence-corrected chi connectivity index (χ1v) is 4.40.